The van der Waals surface area contributed by atoms with E-state index < -0.39 is 5.92 Å². The van der Waals surface area contributed by atoms with E-state index in [-0.39, 0.29) is 5.28 Å². The summed E-state index contributed by atoms with van der Waals surface area (Å²) < 4.78 is 0. The molecule has 0 aliphatic heterocycles. The standard InChI is InChI=1S/C15H7Cl3N4S/c16-10-2-1-8(5-11(10)17)13-7-23-14(21-13)9(6-19)12-3-4-20-15(18)22-12/h1-5,7,9H. The first-order valence-electron chi connectivity index (χ1n) is 6.37. The van der Waals surface area contributed by atoms with Crippen molar-refractivity contribution in [3.63, 3.8) is 0 Å². The lowest BCUT2D eigenvalue weighted by molar-refractivity contribution is 0.931. The van der Waals surface area contributed by atoms with Crippen molar-refractivity contribution in [2.24, 2.45) is 0 Å². The van der Waals surface area contributed by atoms with Crippen LogP contribution in [0.1, 0.15) is 16.6 Å². The number of nitriles is 1. The Morgan fingerprint density at radius 3 is 2.61 bits per heavy atom. The van der Waals surface area contributed by atoms with Crippen LogP contribution in [-0.2, 0) is 0 Å². The molecule has 2 heterocycles. The van der Waals surface area contributed by atoms with Gasteiger partial charge in [0, 0.05) is 17.1 Å². The van der Waals surface area contributed by atoms with Gasteiger partial charge in [-0.15, -0.1) is 11.3 Å². The van der Waals surface area contributed by atoms with Gasteiger partial charge in [0.15, 0.2) is 0 Å². The Hall–Kier alpha value is -1.71. The van der Waals surface area contributed by atoms with Gasteiger partial charge in [-0.2, -0.15) is 5.26 Å². The Balaban J connectivity index is 1.97. The predicted molar refractivity (Wildman–Crippen MR) is 92.1 cm³/mol. The van der Waals surface area contributed by atoms with Crippen LogP contribution in [-0.4, -0.2) is 15.0 Å². The lowest BCUT2D eigenvalue weighted by Crippen LogP contribution is -2.01. The van der Waals surface area contributed by atoms with Gasteiger partial charge in [0.2, 0.25) is 5.28 Å². The van der Waals surface area contributed by atoms with E-state index in [1.807, 2.05) is 11.4 Å². The predicted octanol–water partition coefficient (Wildman–Crippen LogP) is 5.22. The molecule has 3 rings (SSSR count). The highest BCUT2D eigenvalue weighted by Crippen LogP contribution is 2.32. The maximum absolute atomic E-state index is 9.46. The molecule has 0 saturated carbocycles. The summed E-state index contributed by atoms with van der Waals surface area (Å²) in [6, 6.07) is 9.14. The van der Waals surface area contributed by atoms with Crippen molar-refractivity contribution < 1.29 is 0 Å². The smallest absolute Gasteiger partial charge is 0.222 e. The molecule has 0 aliphatic carbocycles. The molecule has 0 amide bonds. The van der Waals surface area contributed by atoms with Crippen molar-refractivity contribution in [1.29, 1.82) is 5.26 Å². The van der Waals surface area contributed by atoms with Gasteiger partial charge >= 0.3 is 0 Å². The molecule has 2 aromatic heterocycles. The number of benzene rings is 1. The van der Waals surface area contributed by atoms with Gasteiger partial charge in [-0.3, -0.25) is 0 Å². The van der Waals surface area contributed by atoms with Crippen LogP contribution >= 0.6 is 46.1 Å². The summed E-state index contributed by atoms with van der Waals surface area (Å²) >= 11 is 19.1. The minimum atomic E-state index is -0.600. The van der Waals surface area contributed by atoms with Crippen LogP contribution in [0, 0.1) is 11.3 Å². The van der Waals surface area contributed by atoms with Crippen molar-refractivity contribution in [3.8, 4) is 17.3 Å². The Bertz CT molecular complexity index is 904. The van der Waals surface area contributed by atoms with Gasteiger partial charge < -0.3 is 0 Å². The zero-order valence-corrected chi connectivity index (χ0v) is 14.5. The van der Waals surface area contributed by atoms with Crippen molar-refractivity contribution in [2.75, 3.05) is 0 Å². The van der Waals surface area contributed by atoms with Crippen LogP contribution in [0.5, 0.6) is 0 Å². The fraction of sp³-hybridized carbons (Fsp3) is 0.0667. The van der Waals surface area contributed by atoms with Gasteiger partial charge in [0.1, 0.15) is 10.9 Å². The molecule has 0 N–H and O–H groups in total. The molecular formula is C15H7Cl3N4S. The second-order valence-corrected chi connectivity index (χ2v) is 6.55. The highest BCUT2D eigenvalue weighted by Gasteiger charge is 2.20. The van der Waals surface area contributed by atoms with Gasteiger partial charge in [0.25, 0.3) is 0 Å². The molecule has 0 saturated heterocycles. The van der Waals surface area contributed by atoms with Gasteiger partial charge in [-0.25, -0.2) is 15.0 Å². The molecule has 114 valence electrons. The SMILES string of the molecule is N#CC(c1ccnc(Cl)n1)c1nc(-c2ccc(Cl)c(Cl)c2)cs1. The summed E-state index contributed by atoms with van der Waals surface area (Å²) in [6.45, 7) is 0. The van der Waals surface area contributed by atoms with Crippen LogP contribution < -0.4 is 0 Å². The van der Waals surface area contributed by atoms with Crippen LogP contribution in [0.4, 0.5) is 0 Å². The van der Waals surface area contributed by atoms with Crippen molar-refractivity contribution in [3.05, 3.63) is 61.9 Å². The largest absolute Gasteiger partial charge is 0.239 e. The third-order valence-corrected chi connectivity index (χ3v) is 4.89. The van der Waals surface area contributed by atoms with E-state index in [4.69, 9.17) is 34.8 Å². The van der Waals surface area contributed by atoms with Gasteiger partial charge in [0.05, 0.1) is 27.5 Å². The molecule has 0 fully saturated rings. The molecule has 0 radical (unpaired) electrons. The number of nitrogens with zero attached hydrogens (tertiary/aromatic N) is 4. The van der Waals surface area contributed by atoms with Crippen LogP contribution in [0.15, 0.2) is 35.8 Å². The molecule has 23 heavy (non-hydrogen) atoms. The first kappa shape index (κ1) is 16.2. The van der Waals surface area contributed by atoms with Gasteiger partial charge in [-0.1, -0.05) is 29.3 Å². The average Bonchev–Trinajstić information content (AvgIpc) is 3.00. The van der Waals surface area contributed by atoms with E-state index in [0.29, 0.717) is 20.7 Å². The van der Waals surface area contributed by atoms with Crippen LogP contribution in [0.3, 0.4) is 0 Å². The number of halogens is 3. The quantitative estimate of drug-likeness (QED) is 0.584. The molecule has 1 aromatic carbocycles. The third kappa shape index (κ3) is 3.46. The summed E-state index contributed by atoms with van der Waals surface area (Å²) in [7, 11) is 0. The number of thiazole rings is 1. The fourth-order valence-corrected chi connectivity index (χ4v) is 3.30. The second-order valence-electron chi connectivity index (χ2n) is 4.51. The summed E-state index contributed by atoms with van der Waals surface area (Å²) in [5.41, 5.74) is 2.07. The molecule has 3 aromatic rings. The molecule has 1 atom stereocenters. The molecule has 0 aliphatic rings. The first-order valence-corrected chi connectivity index (χ1v) is 8.38. The lowest BCUT2D eigenvalue weighted by atomic mass is 10.1. The average molecular weight is 382 g/mol. The minimum Gasteiger partial charge on any atom is -0.239 e. The number of aromatic nitrogens is 3. The topological polar surface area (TPSA) is 62.5 Å². The molecular weight excluding hydrogens is 375 g/mol. The molecule has 0 bridgehead atoms. The summed E-state index contributed by atoms with van der Waals surface area (Å²) in [5, 5.41) is 13.0. The number of hydrogen-bond acceptors (Lipinski definition) is 5. The van der Waals surface area contributed by atoms with E-state index in [1.54, 1.807) is 18.2 Å². The van der Waals surface area contributed by atoms with E-state index >= 15 is 0 Å². The van der Waals surface area contributed by atoms with E-state index in [0.717, 1.165) is 11.3 Å². The van der Waals surface area contributed by atoms with E-state index in [1.165, 1.54) is 17.5 Å². The maximum atomic E-state index is 9.46. The fourth-order valence-electron chi connectivity index (χ4n) is 1.96. The number of rotatable bonds is 3. The van der Waals surface area contributed by atoms with Gasteiger partial charge in [-0.05, 0) is 29.8 Å². The second kappa shape index (κ2) is 6.81. The lowest BCUT2D eigenvalue weighted by Gasteiger charge is -2.05. The monoisotopic (exact) mass is 380 g/mol. The zero-order valence-electron chi connectivity index (χ0n) is 11.4. The number of hydrogen-bond donors (Lipinski definition) is 0. The van der Waals surface area contributed by atoms with E-state index in [2.05, 4.69) is 21.0 Å². The summed E-state index contributed by atoms with van der Waals surface area (Å²) in [4.78, 5) is 12.4. The Morgan fingerprint density at radius 1 is 1.09 bits per heavy atom. The Kier molecular flexibility index (Phi) is 4.79. The van der Waals surface area contributed by atoms with Crippen LogP contribution in [0.2, 0.25) is 15.3 Å². The molecule has 0 spiro atoms. The minimum absolute atomic E-state index is 0.101. The Morgan fingerprint density at radius 2 is 1.91 bits per heavy atom. The van der Waals surface area contributed by atoms with E-state index in [9.17, 15) is 5.26 Å². The maximum Gasteiger partial charge on any atom is 0.222 e. The summed E-state index contributed by atoms with van der Waals surface area (Å²) in [6.07, 6.45) is 1.52. The molecule has 1 unspecified atom stereocenters. The van der Waals surface area contributed by atoms with Crippen molar-refractivity contribution >= 4 is 46.1 Å². The Labute approximate surface area is 151 Å². The zero-order chi connectivity index (χ0) is 16.4. The van der Waals surface area contributed by atoms with Crippen LogP contribution in [0.25, 0.3) is 11.3 Å². The molecule has 4 nitrogen and oxygen atoms in total. The third-order valence-electron chi connectivity index (χ3n) is 3.06. The van der Waals surface area contributed by atoms with Crippen molar-refractivity contribution in [2.45, 2.75) is 5.92 Å². The highest BCUT2D eigenvalue weighted by molar-refractivity contribution is 7.10. The molecule has 8 heteroatoms. The highest BCUT2D eigenvalue weighted by atomic mass is 35.5. The first-order chi connectivity index (χ1) is 11.1. The summed E-state index contributed by atoms with van der Waals surface area (Å²) in [5.74, 6) is -0.600. The van der Waals surface area contributed by atoms with Crippen molar-refractivity contribution in [1.82, 2.24) is 15.0 Å². The normalized spacial score (nSPS) is 11.9.